The number of halogens is 3. The summed E-state index contributed by atoms with van der Waals surface area (Å²) in [5.74, 6) is 0. The smallest absolute Gasteiger partial charge is 0.353 e. The minimum atomic E-state index is -4.57. The van der Waals surface area contributed by atoms with Gasteiger partial charge in [-0.25, -0.2) is 4.99 Å². The Balaban J connectivity index is 2.09. The summed E-state index contributed by atoms with van der Waals surface area (Å²) in [4.78, 5) is 7.99. The summed E-state index contributed by atoms with van der Waals surface area (Å²) >= 11 is 0. The quantitative estimate of drug-likeness (QED) is 0.636. The first-order valence-electron chi connectivity index (χ1n) is 6.94. The SMILES string of the molecule is FC(F)(F)C1=Nc2ccccc2Nc2c1cnc1ccccc21. The van der Waals surface area contributed by atoms with Crippen LogP contribution >= 0.6 is 0 Å². The van der Waals surface area contributed by atoms with Crippen LogP contribution in [-0.4, -0.2) is 16.9 Å². The van der Waals surface area contributed by atoms with Gasteiger partial charge in [-0.3, -0.25) is 4.98 Å². The third-order valence-electron chi connectivity index (χ3n) is 3.70. The summed E-state index contributed by atoms with van der Waals surface area (Å²) < 4.78 is 40.5. The average molecular weight is 313 g/mol. The number of hydrogen-bond donors (Lipinski definition) is 1. The molecular weight excluding hydrogens is 303 g/mol. The molecule has 1 N–H and O–H groups in total. The molecule has 0 aliphatic carbocycles. The molecule has 0 radical (unpaired) electrons. The van der Waals surface area contributed by atoms with Gasteiger partial charge in [0.15, 0.2) is 5.71 Å². The van der Waals surface area contributed by atoms with Crippen molar-refractivity contribution in [3.63, 3.8) is 0 Å². The molecule has 0 unspecified atom stereocenters. The third kappa shape index (κ3) is 2.23. The summed E-state index contributed by atoms with van der Waals surface area (Å²) in [6.07, 6.45) is -3.35. The van der Waals surface area contributed by atoms with Gasteiger partial charge < -0.3 is 5.32 Å². The summed E-state index contributed by atoms with van der Waals surface area (Å²) in [5.41, 5.74) is 0.788. The molecule has 1 aliphatic heterocycles. The van der Waals surface area contributed by atoms with E-state index in [0.29, 0.717) is 22.3 Å². The fourth-order valence-corrected chi connectivity index (χ4v) is 2.66. The van der Waals surface area contributed by atoms with Crippen molar-refractivity contribution in [3.05, 3.63) is 60.3 Å². The van der Waals surface area contributed by atoms with Crippen LogP contribution in [0.4, 0.5) is 30.2 Å². The second-order valence-electron chi connectivity index (χ2n) is 5.16. The molecule has 2 heterocycles. The Bertz CT molecular complexity index is 945. The Hall–Kier alpha value is -2.89. The van der Waals surface area contributed by atoms with Crippen molar-refractivity contribution in [1.29, 1.82) is 0 Å². The van der Waals surface area contributed by atoms with E-state index in [2.05, 4.69) is 15.3 Å². The number of hydrogen-bond acceptors (Lipinski definition) is 3. The highest BCUT2D eigenvalue weighted by Gasteiger charge is 2.39. The fraction of sp³-hybridized carbons (Fsp3) is 0.0588. The normalized spacial score (nSPS) is 13.6. The first kappa shape index (κ1) is 13.8. The van der Waals surface area contributed by atoms with Crippen LogP contribution in [-0.2, 0) is 0 Å². The number of aromatic nitrogens is 1. The van der Waals surface area contributed by atoms with Gasteiger partial charge in [0, 0.05) is 17.1 Å². The van der Waals surface area contributed by atoms with E-state index in [4.69, 9.17) is 0 Å². The summed E-state index contributed by atoms with van der Waals surface area (Å²) in [6.45, 7) is 0. The van der Waals surface area contributed by atoms with Gasteiger partial charge in [0.25, 0.3) is 0 Å². The fourth-order valence-electron chi connectivity index (χ4n) is 2.66. The van der Waals surface area contributed by atoms with Crippen LogP contribution in [0.1, 0.15) is 5.56 Å². The summed E-state index contributed by atoms with van der Waals surface area (Å²) in [5, 5.41) is 3.72. The van der Waals surface area contributed by atoms with Gasteiger partial charge in [-0.2, -0.15) is 13.2 Å². The predicted octanol–water partition coefficient (Wildman–Crippen LogP) is 4.97. The molecule has 6 heteroatoms. The van der Waals surface area contributed by atoms with Crippen LogP contribution in [0.15, 0.2) is 59.7 Å². The van der Waals surface area contributed by atoms with Crippen molar-refractivity contribution in [2.75, 3.05) is 5.32 Å². The minimum absolute atomic E-state index is 0.0487. The zero-order valence-corrected chi connectivity index (χ0v) is 11.7. The standard InChI is InChI=1S/C17H10F3N3/c18-17(19,20)16-11-9-21-12-6-2-1-5-10(12)15(11)22-13-7-3-4-8-14(13)23-16/h1-9,22H. The number of benzene rings is 2. The lowest BCUT2D eigenvalue weighted by Crippen LogP contribution is -2.24. The number of nitrogens with zero attached hydrogens (tertiary/aromatic N) is 2. The van der Waals surface area contributed by atoms with Crippen LogP contribution in [0.3, 0.4) is 0 Å². The van der Waals surface area contributed by atoms with E-state index in [-0.39, 0.29) is 11.3 Å². The number of aliphatic imine (C=N–C) groups is 1. The number of rotatable bonds is 0. The van der Waals surface area contributed by atoms with Gasteiger partial charge in [0.1, 0.15) is 0 Å². The lowest BCUT2D eigenvalue weighted by Gasteiger charge is -2.14. The van der Waals surface area contributed by atoms with Crippen LogP contribution in [0.25, 0.3) is 10.9 Å². The van der Waals surface area contributed by atoms with Gasteiger partial charge >= 0.3 is 6.18 Å². The Morgan fingerprint density at radius 3 is 2.48 bits per heavy atom. The zero-order valence-electron chi connectivity index (χ0n) is 11.7. The van der Waals surface area contributed by atoms with Gasteiger partial charge in [0.05, 0.1) is 22.6 Å². The first-order valence-corrected chi connectivity index (χ1v) is 6.94. The molecule has 3 nitrogen and oxygen atoms in total. The van der Waals surface area contributed by atoms with Gasteiger partial charge in [-0.15, -0.1) is 0 Å². The van der Waals surface area contributed by atoms with E-state index in [1.54, 1.807) is 48.5 Å². The van der Waals surface area contributed by atoms with Gasteiger partial charge in [-0.05, 0) is 18.2 Å². The van der Waals surface area contributed by atoms with Crippen LogP contribution < -0.4 is 5.32 Å². The second-order valence-corrected chi connectivity index (χ2v) is 5.16. The molecule has 0 bridgehead atoms. The van der Waals surface area contributed by atoms with Crippen molar-refractivity contribution in [3.8, 4) is 0 Å². The van der Waals surface area contributed by atoms with Crippen LogP contribution in [0, 0.1) is 0 Å². The highest BCUT2D eigenvalue weighted by Crippen LogP contribution is 2.40. The molecular formula is C17H10F3N3. The largest absolute Gasteiger partial charge is 0.434 e. The van der Waals surface area contributed by atoms with Crippen molar-refractivity contribution in [2.24, 2.45) is 4.99 Å². The molecule has 0 spiro atoms. The first-order chi connectivity index (χ1) is 11.0. The van der Waals surface area contributed by atoms with E-state index in [1.807, 2.05) is 0 Å². The maximum absolute atomic E-state index is 13.5. The average Bonchev–Trinajstić information content (AvgIpc) is 2.71. The number of anilines is 2. The van der Waals surface area contributed by atoms with Crippen LogP contribution in [0.2, 0.25) is 0 Å². The third-order valence-corrected chi connectivity index (χ3v) is 3.70. The van der Waals surface area contributed by atoms with Crippen LogP contribution in [0.5, 0.6) is 0 Å². The van der Waals surface area contributed by atoms with Gasteiger partial charge in [0.2, 0.25) is 0 Å². The molecule has 0 amide bonds. The lowest BCUT2D eigenvalue weighted by molar-refractivity contribution is -0.0579. The zero-order chi connectivity index (χ0) is 16.0. The molecule has 0 saturated carbocycles. The van der Waals surface area contributed by atoms with Gasteiger partial charge in [-0.1, -0.05) is 30.3 Å². The molecule has 114 valence electrons. The van der Waals surface area contributed by atoms with Crippen molar-refractivity contribution in [1.82, 2.24) is 4.98 Å². The molecule has 0 fully saturated rings. The number of pyridine rings is 1. The second kappa shape index (κ2) is 4.81. The Labute approximate surface area is 129 Å². The summed E-state index contributed by atoms with van der Waals surface area (Å²) in [7, 11) is 0. The Morgan fingerprint density at radius 1 is 0.913 bits per heavy atom. The molecule has 1 aromatic heterocycles. The number of nitrogens with one attached hydrogen (secondary N) is 1. The molecule has 1 aliphatic rings. The highest BCUT2D eigenvalue weighted by molar-refractivity contribution is 6.16. The molecule has 2 aromatic carbocycles. The number of alkyl halides is 3. The van der Waals surface area contributed by atoms with Crippen molar-refractivity contribution < 1.29 is 13.2 Å². The maximum atomic E-state index is 13.5. The monoisotopic (exact) mass is 313 g/mol. The minimum Gasteiger partial charge on any atom is -0.353 e. The number of para-hydroxylation sites is 3. The molecule has 0 saturated heterocycles. The molecule has 23 heavy (non-hydrogen) atoms. The topological polar surface area (TPSA) is 37.3 Å². The predicted molar refractivity (Wildman–Crippen MR) is 83.7 cm³/mol. The van der Waals surface area contributed by atoms with E-state index < -0.39 is 11.9 Å². The highest BCUT2D eigenvalue weighted by atomic mass is 19.4. The molecule has 4 rings (SSSR count). The molecule has 0 atom stereocenters. The van der Waals surface area contributed by atoms with E-state index >= 15 is 0 Å². The summed E-state index contributed by atoms with van der Waals surface area (Å²) in [6, 6.07) is 13.7. The Kier molecular flexibility index (Phi) is 2.87. The Morgan fingerprint density at radius 2 is 1.65 bits per heavy atom. The lowest BCUT2D eigenvalue weighted by atomic mass is 10.1. The van der Waals surface area contributed by atoms with E-state index in [0.717, 1.165) is 0 Å². The molecule has 3 aromatic rings. The van der Waals surface area contributed by atoms with Crippen molar-refractivity contribution in [2.45, 2.75) is 6.18 Å². The maximum Gasteiger partial charge on any atom is 0.434 e. The van der Waals surface area contributed by atoms with E-state index in [9.17, 15) is 13.2 Å². The number of fused-ring (bicyclic) bond motifs is 4. The van der Waals surface area contributed by atoms with E-state index in [1.165, 1.54) is 6.20 Å². The van der Waals surface area contributed by atoms with Crippen molar-refractivity contribution >= 4 is 33.7 Å².